The molecule has 1 fully saturated rings. The summed E-state index contributed by atoms with van der Waals surface area (Å²) in [6.07, 6.45) is 6.19. The van der Waals surface area contributed by atoms with Crippen LogP contribution in [0.1, 0.15) is 26.7 Å². The van der Waals surface area contributed by atoms with Crippen molar-refractivity contribution >= 4 is 11.8 Å². The maximum Gasteiger partial charge on any atom is 0.119 e. The number of nitriles is 1. The molecule has 2 rings (SSSR count). The highest BCUT2D eigenvalue weighted by Gasteiger charge is 2.45. The van der Waals surface area contributed by atoms with Gasteiger partial charge in [-0.2, -0.15) is 10.4 Å². The van der Waals surface area contributed by atoms with Gasteiger partial charge in [0, 0.05) is 29.9 Å². The van der Waals surface area contributed by atoms with Crippen LogP contribution in [0.5, 0.6) is 0 Å². The summed E-state index contributed by atoms with van der Waals surface area (Å²) in [7, 11) is 1.91. The van der Waals surface area contributed by atoms with Crippen molar-refractivity contribution in [1.82, 2.24) is 15.1 Å². The van der Waals surface area contributed by atoms with E-state index in [1.807, 2.05) is 19.4 Å². The van der Waals surface area contributed by atoms with Crippen molar-refractivity contribution in [2.75, 3.05) is 5.75 Å². The smallest absolute Gasteiger partial charge is 0.119 e. The average molecular weight is 264 g/mol. The highest BCUT2D eigenvalue weighted by Crippen LogP contribution is 2.42. The van der Waals surface area contributed by atoms with Crippen LogP contribution in [-0.4, -0.2) is 27.1 Å². The lowest BCUT2D eigenvalue weighted by molar-refractivity contribution is 0.370. The van der Waals surface area contributed by atoms with Crippen LogP contribution in [0.4, 0.5) is 0 Å². The fraction of sp³-hybridized carbons (Fsp3) is 0.692. The standard InChI is InChI=1S/C13H20N4S/c1-10(2)16-13(8-14,11-4-5-11)9-18-12-6-15-17(3)7-12/h6-7,10-11,16H,4-5,9H2,1-3H3. The molecule has 0 aromatic carbocycles. The van der Waals surface area contributed by atoms with Gasteiger partial charge in [-0.05, 0) is 32.6 Å². The van der Waals surface area contributed by atoms with Gasteiger partial charge in [0.15, 0.2) is 0 Å². The minimum absolute atomic E-state index is 0.333. The minimum atomic E-state index is -0.380. The normalized spacial score (nSPS) is 18.6. The summed E-state index contributed by atoms with van der Waals surface area (Å²) in [5, 5.41) is 17.2. The molecule has 4 nitrogen and oxygen atoms in total. The summed E-state index contributed by atoms with van der Waals surface area (Å²) in [5.41, 5.74) is -0.380. The van der Waals surface area contributed by atoms with Gasteiger partial charge in [-0.15, -0.1) is 11.8 Å². The van der Waals surface area contributed by atoms with Gasteiger partial charge in [0.2, 0.25) is 0 Å². The molecule has 1 atom stereocenters. The molecular formula is C13H20N4S. The van der Waals surface area contributed by atoms with Crippen LogP contribution in [0.3, 0.4) is 0 Å². The quantitative estimate of drug-likeness (QED) is 0.800. The lowest BCUT2D eigenvalue weighted by Gasteiger charge is -2.29. The van der Waals surface area contributed by atoms with Crippen LogP contribution in [0.15, 0.2) is 17.3 Å². The van der Waals surface area contributed by atoms with Gasteiger partial charge in [-0.1, -0.05) is 0 Å². The van der Waals surface area contributed by atoms with Gasteiger partial charge >= 0.3 is 0 Å². The Balaban J connectivity index is 2.03. The van der Waals surface area contributed by atoms with E-state index in [4.69, 9.17) is 0 Å². The third kappa shape index (κ3) is 3.06. The lowest BCUT2D eigenvalue weighted by Crippen LogP contribution is -2.51. The molecule has 1 unspecified atom stereocenters. The SMILES string of the molecule is CC(C)NC(C#N)(CSc1cnn(C)c1)C1CC1. The highest BCUT2D eigenvalue weighted by atomic mass is 32.2. The van der Waals surface area contributed by atoms with E-state index in [1.54, 1.807) is 16.4 Å². The fourth-order valence-electron chi connectivity index (χ4n) is 2.19. The van der Waals surface area contributed by atoms with E-state index in [1.165, 1.54) is 12.8 Å². The van der Waals surface area contributed by atoms with Crippen LogP contribution in [0, 0.1) is 17.2 Å². The van der Waals surface area contributed by atoms with Crippen molar-refractivity contribution < 1.29 is 0 Å². The van der Waals surface area contributed by atoms with Crippen molar-refractivity contribution in [2.24, 2.45) is 13.0 Å². The third-order valence-electron chi connectivity index (χ3n) is 3.17. The summed E-state index contributed by atoms with van der Waals surface area (Å²) in [5.74, 6) is 1.30. The molecule has 1 aromatic heterocycles. The maximum absolute atomic E-state index is 9.57. The molecule has 18 heavy (non-hydrogen) atoms. The van der Waals surface area contributed by atoms with Crippen molar-refractivity contribution in [3.8, 4) is 6.07 Å². The maximum atomic E-state index is 9.57. The topological polar surface area (TPSA) is 53.6 Å². The molecular weight excluding hydrogens is 244 g/mol. The van der Waals surface area contributed by atoms with Crippen LogP contribution >= 0.6 is 11.8 Å². The number of thioether (sulfide) groups is 1. The van der Waals surface area contributed by atoms with Gasteiger partial charge in [0.25, 0.3) is 0 Å². The molecule has 1 heterocycles. The predicted octanol–water partition coefficient (Wildman–Crippen LogP) is 2.18. The third-order valence-corrected chi connectivity index (χ3v) is 4.31. The van der Waals surface area contributed by atoms with Gasteiger partial charge in [-0.3, -0.25) is 10.00 Å². The largest absolute Gasteiger partial charge is 0.296 e. The number of hydrogen-bond acceptors (Lipinski definition) is 4. The number of aryl methyl sites for hydroxylation is 1. The van der Waals surface area contributed by atoms with E-state index in [2.05, 4.69) is 30.3 Å². The molecule has 0 spiro atoms. The highest BCUT2D eigenvalue weighted by molar-refractivity contribution is 7.99. The number of hydrogen-bond donors (Lipinski definition) is 1. The Morgan fingerprint density at radius 3 is 2.83 bits per heavy atom. The first kappa shape index (κ1) is 13.4. The number of nitrogens with one attached hydrogen (secondary N) is 1. The summed E-state index contributed by atoms with van der Waals surface area (Å²) in [6, 6.07) is 2.86. The van der Waals surface area contributed by atoms with E-state index < -0.39 is 0 Å². The van der Waals surface area contributed by atoms with Crippen molar-refractivity contribution in [2.45, 2.75) is 43.2 Å². The van der Waals surface area contributed by atoms with Crippen molar-refractivity contribution in [3.63, 3.8) is 0 Å². The first-order valence-corrected chi connectivity index (χ1v) is 7.35. The molecule has 0 bridgehead atoms. The van der Waals surface area contributed by atoms with Gasteiger partial charge < -0.3 is 0 Å². The Hall–Kier alpha value is -0.990. The summed E-state index contributed by atoms with van der Waals surface area (Å²) in [4.78, 5) is 1.13. The molecule has 0 saturated heterocycles. The van der Waals surface area contributed by atoms with E-state index in [9.17, 15) is 5.26 Å². The molecule has 1 aromatic rings. The molecule has 0 amide bonds. The lowest BCUT2D eigenvalue weighted by atomic mass is 9.96. The number of aromatic nitrogens is 2. The van der Waals surface area contributed by atoms with Crippen molar-refractivity contribution in [1.29, 1.82) is 5.26 Å². The fourth-order valence-corrected chi connectivity index (χ4v) is 3.32. The minimum Gasteiger partial charge on any atom is -0.296 e. The van der Waals surface area contributed by atoms with E-state index >= 15 is 0 Å². The van der Waals surface area contributed by atoms with Gasteiger partial charge in [-0.25, -0.2) is 0 Å². The van der Waals surface area contributed by atoms with E-state index in [-0.39, 0.29) is 5.54 Å². The summed E-state index contributed by atoms with van der Waals surface area (Å²) < 4.78 is 1.80. The molecule has 5 heteroatoms. The second-order valence-corrected chi connectivity index (χ2v) is 6.34. The monoisotopic (exact) mass is 264 g/mol. The first-order valence-electron chi connectivity index (χ1n) is 6.36. The van der Waals surface area contributed by atoms with E-state index in [0.29, 0.717) is 12.0 Å². The Labute approximate surface area is 113 Å². The van der Waals surface area contributed by atoms with Crippen LogP contribution in [0.2, 0.25) is 0 Å². The first-order chi connectivity index (χ1) is 8.55. The van der Waals surface area contributed by atoms with Crippen LogP contribution < -0.4 is 5.32 Å². The molecule has 1 saturated carbocycles. The molecule has 1 N–H and O–H groups in total. The Morgan fingerprint density at radius 1 is 1.67 bits per heavy atom. The molecule has 0 aliphatic heterocycles. The Morgan fingerprint density at radius 2 is 2.39 bits per heavy atom. The zero-order chi connectivity index (χ0) is 13.2. The Kier molecular flexibility index (Phi) is 3.98. The number of nitrogens with zero attached hydrogens (tertiary/aromatic N) is 3. The summed E-state index contributed by atoms with van der Waals surface area (Å²) >= 11 is 1.71. The molecule has 1 aliphatic rings. The zero-order valence-corrected chi connectivity index (χ0v) is 12.0. The van der Waals surface area contributed by atoms with Crippen molar-refractivity contribution in [3.05, 3.63) is 12.4 Å². The zero-order valence-electron chi connectivity index (χ0n) is 11.2. The van der Waals surface area contributed by atoms with E-state index in [0.717, 1.165) is 10.6 Å². The second-order valence-electron chi connectivity index (χ2n) is 5.29. The number of rotatable bonds is 6. The molecule has 1 aliphatic carbocycles. The second kappa shape index (κ2) is 5.33. The predicted molar refractivity (Wildman–Crippen MR) is 73.3 cm³/mol. The van der Waals surface area contributed by atoms with Gasteiger partial charge in [0.05, 0.1) is 12.3 Å². The average Bonchev–Trinajstić information content (AvgIpc) is 3.09. The van der Waals surface area contributed by atoms with Crippen LogP contribution in [-0.2, 0) is 7.05 Å². The summed E-state index contributed by atoms with van der Waals surface area (Å²) in [6.45, 7) is 4.20. The molecule has 0 radical (unpaired) electrons. The molecule has 98 valence electrons. The van der Waals surface area contributed by atoms with Gasteiger partial charge in [0.1, 0.15) is 5.54 Å². The Bertz CT molecular complexity index is 444. The van der Waals surface area contributed by atoms with Crippen LogP contribution in [0.25, 0.3) is 0 Å².